The lowest BCUT2D eigenvalue weighted by molar-refractivity contribution is -0.104. The summed E-state index contributed by atoms with van der Waals surface area (Å²) in [6.07, 6.45) is 3.19. The summed E-state index contributed by atoms with van der Waals surface area (Å²) in [6.45, 7) is 0. The Kier molecular flexibility index (Phi) is 2.43. The van der Waals surface area contributed by atoms with Crippen molar-refractivity contribution in [1.82, 2.24) is 0 Å². The number of carbonyl (C=O) groups is 1. The summed E-state index contributed by atoms with van der Waals surface area (Å²) in [4.78, 5) is 10.1. The van der Waals surface area contributed by atoms with Crippen LogP contribution in [0.5, 0.6) is 0 Å². The molecule has 0 aromatic rings. The van der Waals surface area contributed by atoms with E-state index in [1.54, 1.807) is 6.08 Å². The van der Waals surface area contributed by atoms with Crippen LogP contribution in [0, 0.1) is 5.92 Å². The molecule has 0 bridgehead atoms. The fourth-order valence-corrected chi connectivity index (χ4v) is 1.42. The van der Waals surface area contributed by atoms with Gasteiger partial charge in [-0.25, -0.2) is 0 Å². The van der Waals surface area contributed by atoms with Gasteiger partial charge in [-0.2, -0.15) is 0 Å². The highest BCUT2D eigenvalue weighted by Crippen LogP contribution is 2.54. The van der Waals surface area contributed by atoms with E-state index in [2.05, 4.69) is 15.9 Å². The Morgan fingerprint density at radius 3 is 2.50 bits per heavy atom. The molecule has 1 rings (SSSR count). The molecule has 0 aromatic heterocycles. The summed E-state index contributed by atoms with van der Waals surface area (Å²) in [5, 5.41) is 0. The number of allylic oxidation sites excluding steroid dienone is 2. The quantitative estimate of drug-likeness (QED) is 0.414. The van der Waals surface area contributed by atoms with E-state index in [9.17, 15) is 4.79 Å². The van der Waals surface area contributed by atoms with Crippen LogP contribution in [0.1, 0.15) is 6.42 Å². The molecule has 0 saturated heterocycles. The molecule has 0 heterocycles. The van der Waals surface area contributed by atoms with Crippen molar-refractivity contribution >= 4 is 45.4 Å². The zero-order valence-corrected chi connectivity index (χ0v) is 8.08. The number of aldehydes is 1. The second-order valence-corrected chi connectivity index (χ2v) is 4.70. The lowest BCUT2D eigenvalue weighted by Crippen LogP contribution is -1.86. The SMILES string of the molecule is O=C/C(Br)=C/[C@H]1CC1(Cl)Cl. The Labute approximate surface area is 77.5 Å². The summed E-state index contributed by atoms with van der Waals surface area (Å²) >= 11 is 14.4. The van der Waals surface area contributed by atoms with E-state index in [1.165, 1.54) is 0 Å². The average molecular weight is 244 g/mol. The Bertz CT molecular complexity index is 188. The van der Waals surface area contributed by atoms with Gasteiger partial charge in [0.25, 0.3) is 0 Å². The van der Waals surface area contributed by atoms with Gasteiger partial charge in [0.15, 0.2) is 6.29 Å². The molecule has 4 heteroatoms. The molecule has 1 atom stereocenters. The molecular formula is C6H5BrCl2O. The lowest BCUT2D eigenvalue weighted by atomic mass is 10.4. The van der Waals surface area contributed by atoms with Gasteiger partial charge in [0.05, 0.1) is 4.48 Å². The van der Waals surface area contributed by atoms with E-state index in [4.69, 9.17) is 23.2 Å². The van der Waals surface area contributed by atoms with E-state index in [0.29, 0.717) is 4.48 Å². The summed E-state index contributed by atoms with van der Waals surface area (Å²) in [7, 11) is 0. The highest BCUT2D eigenvalue weighted by molar-refractivity contribution is 9.12. The number of hydrogen-bond donors (Lipinski definition) is 0. The van der Waals surface area contributed by atoms with Crippen molar-refractivity contribution in [3.8, 4) is 0 Å². The van der Waals surface area contributed by atoms with E-state index in [1.807, 2.05) is 0 Å². The van der Waals surface area contributed by atoms with Crippen molar-refractivity contribution in [1.29, 1.82) is 0 Å². The van der Waals surface area contributed by atoms with Crippen molar-refractivity contribution in [2.75, 3.05) is 0 Å². The zero-order chi connectivity index (χ0) is 7.78. The molecule has 0 N–H and O–H groups in total. The van der Waals surface area contributed by atoms with Crippen LogP contribution in [-0.4, -0.2) is 10.6 Å². The second-order valence-electron chi connectivity index (χ2n) is 2.24. The first-order valence-electron chi connectivity index (χ1n) is 2.76. The smallest absolute Gasteiger partial charge is 0.156 e. The molecule has 0 aliphatic heterocycles. The van der Waals surface area contributed by atoms with Gasteiger partial charge in [-0.3, -0.25) is 4.79 Å². The lowest BCUT2D eigenvalue weighted by Gasteiger charge is -1.90. The summed E-state index contributed by atoms with van der Waals surface area (Å²) in [5.74, 6) is 0.135. The van der Waals surface area contributed by atoms with Crippen LogP contribution in [0.15, 0.2) is 10.6 Å². The van der Waals surface area contributed by atoms with Crippen molar-refractivity contribution in [2.45, 2.75) is 10.8 Å². The minimum absolute atomic E-state index is 0.135. The normalized spacial score (nSPS) is 29.9. The average Bonchev–Trinajstić information content (AvgIpc) is 2.40. The third kappa shape index (κ3) is 1.97. The molecule has 1 saturated carbocycles. The number of rotatable bonds is 2. The molecular weight excluding hydrogens is 239 g/mol. The first-order valence-corrected chi connectivity index (χ1v) is 4.31. The van der Waals surface area contributed by atoms with Crippen molar-refractivity contribution in [3.63, 3.8) is 0 Å². The summed E-state index contributed by atoms with van der Waals surface area (Å²) < 4.78 is -0.108. The molecule has 1 fully saturated rings. The zero-order valence-electron chi connectivity index (χ0n) is 4.98. The van der Waals surface area contributed by atoms with E-state index in [-0.39, 0.29) is 5.92 Å². The fraction of sp³-hybridized carbons (Fsp3) is 0.500. The van der Waals surface area contributed by atoms with Gasteiger partial charge in [0, 0.05) is 5.92 Å². The van der Waals surface area contributed by atoms with Crippen molar-refractivity contribution < 1.29 is 4.79 Å². The molecule has 1 nitrogen and oxygen atoms in total. The summed E-state index contributed by atoms with van der Waals surface area (Å²) in [6, 6.07) is 0. The van der Waals surface area contributed by atoms with Crippen LogP contribution < -0.4 is 0 Å². The largest absolute Gasteiger partial charge is 0.297 e. The molecule has 0 spiro atoms. The topological polar surface area (TPSA) is 17.1 Å². The third-order valence-electron chi connectivity index (χ3n) is 1.35. The maximum atomic E-state index is 10.1. The van der Waals surface area contributed by atoms with Crippen molar-refractivity contribution in [2.24, 2.45) is 5.92 Å². The van der Waals surface area contributed by atoms with Gasteiger partial charge in [0.2, 0.25) is 0 Å². The van der Waals surface area contributed by atoms with Gasteiger partial charge in [0.1, 0.15) is 4.33 Å². The van der Waals surface area contributed by atoms with Gasteiger partial charge in [-0.15, -0.1) is 23.2 Å². The van der Waals surface area contributed by atoms with Crippen LogP contribution in [0.25, 0.3) is 0 Å². The maximum Gasteiger partial charge on any atom is 0.156 e. The highest BCUT2D eigenvalue weighted by Gasteiger charge is 2.50. The molecule has 0 unspecified atom stereocenters. The standard InChI is InChI=1S/C6H5BrCl2O/c7-5(3-10)1-4-2-6(4,8)9/h1,3-4H,2H2/b5-1-/t4-/m0/s1. The predicted octanol–water partition coefficient (Wildman–Crippen LogP) is 2.66. The predicted molar refractivity (Wildman–Crippen MR) is 45.6 cm³/mol. The molecule has 1 aliphatic carbocycles. The second kappa shape index (κ2) is 2.84. The van der Waals surface area contributed by atoms with E-state index < -0.39 is 4.33 Å². The van der Waals surface area contributed by atoms with Crippen LogP contribution in [0.2, 0.25) is 0 Å². The number of carbonyl (C=O) groups excluding carboxylic acids is 1. The third-order valence-corrected chi connectivity index (χ3v) is 2.67. The molecule has 0 aromatic carbocycles. The van der Waals surface area contributed by atoms with Gasteiger partial charge >= 0.3 is 0 Å². The van der Waals surface area contributed by atoms with Crippen LogP contribution in [0.4, 0.5) is 0 Å². The van der Waals surface area contributed by atoms with Crippen LogP contribution in [0.3, 0.4) is 0 Å². The monoisotopic (exact) mass is 242 g/mol. The van der Waals surface area contributed by atoms with Crippen LogP contribution in [-0.2, 0) is 4.79 Å². The van der Waals surface area contributed by atoms with Gasteiger partial charge < -0.3 is 0 Å². The Hall–Kier alpha value is 0.470. The van der Waals surface area contributed by atoms with E-state index >= 15 is 0 Å². The minimum Gasteiger partial charge on any atom is -0.297 e. The Balaban J connectivity index is 2.50. The van der Waals surface area contributed by atoms with Gasteiger partial charge in [-0.1, -0.05) is 6.08 Å². The van der Waals surface area contributed by atoms with Gasteiger partial charge in [-0.05, 0) is 22.4 Å². The van der Waals surface area contributed by atoms with Crippen LogP contribution >= 0.6 is 39.1 Å². The number of alkyl halides is 2. The first-order chi connectivity index (χ1) is 4.56. The number of halogens is 3. The molecule has 0 radical (unpaired) electrons. The molecule has 10 heavy (non-hydrogen) atoms. The molecule has 0 amide bonds. The van der Waals surface area contributed by atoms with Crippen molar-refractivity contribution in [3.05, 3.63) is 10.6 Å². The number of hydrogen-bond acceptors (Lipinski definition) is 1. The summed E-state index contributed by atoms with van der Waals surface area (Å²) in [5.41, 5.74) is 0. The Morgan fingerprint density at radius 2 is 2.20 bits per heavy atom. The first kappa shape index (κ1) is 8.57. The highest BCUT2D eigenvalue weighted by atomic mass is 79.9. The van der Waals surface area contributed by atoms with E-state index in [0.717, 1.165) is 12.7 Å². The minimum atomic E-state index is -0.623. The fourth-order valence-electron chi connectivity index (χ4n) is 0.647. The maximum absolute atomic E-state index is 10.1. The Morgan fingerprint density at radius 1 is 1.70 bits per heavy atom. The molecule has 1 aliphatic rings. The molecule has 56 valence electrons.